The van der Waals surface area contributed by atoms with E-state index < -0.39 is 0 Å². The normalized spacial score (nSPS) is 8.44. The van der Waals surface area contributed by atoms with Gasteiger partial charge in [-0.3, -0.25) is 0 Å². The molecular weight excluding hydrogens is 116 g/mol. The van der Waals surface area contributed by atoms with Gasteiger partial charge in [0.2, 0.25) is 0 Å². The fourth-order valence-electron chi connectivity index (χ4n) is 0.496. The molecule has 0 heterocycles. The molecule has 0 aromatic rings. The molecule has 0 atom stereocenters. The van der Waals surface area contributed by atoms with E-state index in [9.17, 15) is 4.79 Å². The van der Waals surface area contributed by atoms with E-state index in [2.05, 4.69) is 6.58 Å². The van der Waals surface area contributed by atoms with Crippen molar-refractivity contribution in [3.63, 3.8) is 0 Å². The molecule has 0 aliphatic rings. The molecule has 0 aliphatic carbocycles. The zero-order valence-corrected chi connectivity index (χ0v) is 5.51. The number of ether oxygens (including phenoxy) is 1. The summed E-state index contributed by atoms with van der Waals surface area (Å²) in [6, 6.07) is 0. The fourth-order valence-corrected chi connectivity index (χ4v) is 0.496. The maximum absolute atomic E-state index is 9.78. The summed E-state index contributed by atoms with van der Waals surface area (Å²) in [4.78, 5) is 9.78. The van der Waals surface area contributed by atoms with Gasteiger partial charge in [-0.15, -0.1) is 0 Å². The summed E-state index contributed by atoms with van der Waals surface area (Å²) in [6.07, 6.45) is 4.83. The number of unbranched alkanes of at least 4 members (excludes halogenated alkanes) is 2. The summed E-state index contributed by atoms with van der Waals surface area (Å²) in [5, 5.41) is 0. The first-order valence-corrected chi connectivity index (χ1v) is 3.08. The lowest BCUT2D eigenvalue weighted by molar-refractivity contribution is -0.107. The van der Waals surface area contributed by atoms with Crippen molar-refractivity contribution >= 4 is 6.29 Å². The molecule has 0 rings (SSSR count). The molecule has 0 fully saturated rings. The van der Waals surface area contributed by atoms with Crippen LogP contribution < -0.4 is 0 Å². The van der Waals surface area contributed by atoms with E-state index in [1.807, 2.05) is 0 Å². The Hall–Kier alpha value is -0.790. The number of rotatable bonds is 6. The Morgan fingerprint density at radius 3 is 2.78 bits per heavy atom. The minimum absolute atomic E-state index is 0.639. The Balaban J connectivity index is 2.74. The second-order valence-electron chi connectivity index (χ2n) is 1.70. The van der Waals surface area contributed by atoms with E-state index in [-0.39, 0.29) is 0 Å². The highest BCUT2D eigenvalue weighted by atomic mass is 16.5. The van der Waals surface area contributed by atoms with Crippen LogP contribution in [0.15, 0.2) is 12.8 Å². The van der Waals surface area contributed by atoms with Crippen molar-refractivity contribution in [2.24, 2.45) is 0 Å². The maximum Gasteiger partial charge on any atom is 0.119 e. The number of hydrogen-bond donors (Lipinski definition) is 0. The molecule has 0 N–H and O–H groups in total. The summed E-state index contributed by atoms with van der Waals surface area (Å²) < 4.78 is 4.83. The van der Waals surface area contributed by atoms with E-state index >= 15 is 0 Å². The molecule has 0 bridgehead atoms. The van der Waals surface area contributed by atoms with E-state index in [0.717, 1.165) is 19.1 Å². The van der Waals surface area contributed by atoms with Crippen LogP contribution >= 0.6 is 0 Å². The van der Waals surface area contributed by atoms with Crippen LogP contribution in [0.1, 0.15) is 19.3 Å². The molecule has 2 nitrogen and oxygen atoms in total. The molecule has 0 radical (unpaired) electrons. The average molecular weight is 128 g/mol. The zero-order valence-electron chi connectivity index (χ0n) is 5.51. The second-order valence-corrected chi connectivity index (χ2v) is 1.70. The highest BCUT2D eigenvalue weighted by molar-refractivity contribution is 5.48. The van der Waals surface area contributed by atoms with Crippen molar-refractivity contribution in [2.75, 3.05) is 6.61 Å². The lowest BCUT2D eigenvalue weighted by Crippen LogP contribution is -1.86. The quantitative estimate of drug-likeness (QED) is 0.308. The van der Waals surface area contributed by atoms with Crippen LogP contribution in [-0.2, 0) is 9.53 Å². The van der Waals surface area contributed by atoms with Crippen LogP contribution in [0.25, 0.3) is 0 Å². The van der Waals surface area contributed by atoms with Crippen molar-refractivity contribution in [3.05, 3.63) is 12.8 Å². The van der Waals surface area contributed by atoms with Gasteiger partial charge in [0, 0.05) is 6.42 Å². The highest BCUT2D eigenvalue weighted by Crippen LogP contribution is 1.92. The predicted molar refractivity (Wildman–Crippen MR) is 36.1 cm³/mol. The molecule has 0 saturated heterocycles. The smallest absolute Gasteiger partial charge is 0.119 e. The third-order valence-corrected chi connectivity index (χ3v) is 0.952. The predicted octanol–water partition coefficient (Wildman–Crippen LogP) is 1.52. The van der Waals surface area contributed by atoms with Crippen molar-refractivity contribution in [1.82, 2.24) is 0 Å². The van der Waals surface area contributed by atoms with Crippen LogP contribution in [-0.4, -0.2) is 12.9 Å². The molecule has 0 unspecified atom stereocenters. The number of carbonyl (C=O) groups excluding carboxylic acids is 1. The van der Waals surface area contributed by atoms with Gasteiger partial charge < -0.3 is 9.53 Å². The molecule has 0 aromatic heterocycles. The molecule has 0 aliphatic heterocycles. The van der Waals surface area contributed by atoms with E-state index in [1.165, 1.54) is 6.26 Å². The zero-order chi connectivity index (χ0) is 6.95. The Labute approximate surface area is 55.5 Å². The molecular formula is C7H12O2. The lowest BCUT2D eigenvalue weighted by Gasteiger charge is -1.95. The number of carbonyl (C=O) groups is 1. The summed E-state index contributed by atoms with van der Waals surface area (Å²) in [7, 11) is 0. The van der Waals surface area contributed by atoms with Crippen LogP contribution in [0.3, 0.4) is 0 Å². The molecule has 2 heteroatoms. The minimum Gasteiger partial charge on any atom is -0.502 e. The highest BCUT2D eigenvalue weighted by Gasteiger charge is 1.84. The SMILES string of the molecule is C=COCCCCC=O. The van der Waals surface area contributed by atoms with Crippen molar-refractivity contribution < 1.29 is 9.53 Å². The molecule has 0 saturated carbocycles. The Bertz CT molecular complexity index is 69.0. The van der Waals surface area contributed by atoms with Gasteiger partial charge in [-0.25, -0.2) is 0 Å². The summed E-state index contributed by atoms with van der Waals surface area (Å²) >= 11 is 0. The topological polar surface area (TPSA) is 26.3 Å². The maximum atomic E-state index is 9.78. The fraction of sp³-hybridized carbons (Fsp3) is 0.571. The lowest BCUT2D eigenvalue weighted by atomic mass is 10.3. The van der Waals surface area contributed by atoms with Gasteiger partial charge in [-0.2, -0.15) is 0 Å². The van der Waals surface area contributed by atoms with E-state index in [1.54, 1.807) is 0 Å². The summed E-state index contributed by atoms with van der Waals surface area (Å²) in [6.45, 7) is 4.06. The molecule has 52 valence electrons. The van der Waals surface area contributed by atoms with Gasteiger partial charge in [-0.1, -0.05) is 6.58 Å². The van der Waals surface area contributed by atoms with Crippen LogP contribution in [0.4, 0.5) is 0 Å². The average Bonchev–Trinajstić information content (AvgIpc) is 1.89. The van der Waals surface area contributed by atoms with Crippen molar-refractivity contribution in [3.8, 4) is 0 Å². The minimum atomic E-state index is 0.639. The first-order valence-electron chi connectivity index (χ1n) is 3.08. The Kier molecular flexibility index (Phi) is 6.58. The summed E-state index contributed by atoms with van der Waals surface area (Å²) in [5.41, 5.74) is 0. The van der Waals surface area contributed by atoms with Gasteiger partial charge in [0.25, 0.3) is 0 Å². The van der Waals surface area contributed by atoms with Gasteiger partial charge in [0.05, 0.1) is 12.9 Å². The van der Waals surface area contributed by atoms with E-state index in [0.29, 0.717) is 13.0 Å². The first kappa shape index (κ1) is 8.21. The third kappa shape index (κ3) is 7.21. The Morgan fingerprint density at radius 1 is 1.44 bits per heavy atom. The van der Waals surface area contributed by atoms with Crippen molar-refractivity contribution in [2.45, 2.75) is 19.3 Å². The number of hydrogen-bond acceptors (Lipinski definition) is 2. The van der Waals surface area contributed by atoms with Gasteiger partial charge in [0.1, 0.15) is 6.29 Å². The van der Waals surface area contributed by atoms with Crippen LogP contribution in [0.2, 0.25) is 0 Å². The molecule has 0 aromatic carbocycles. The monoisotopic (exact) mass is 128 g/mol. The molecule has 0 amide bonds. The van der Waals surface area contributed by atoms with E-state index in [4.69, 9.17) is 4.74 Å². The second kappa shape index (κ2) is 7.21. The standard InChI is InChI=1S/C7H12O2/c1-2-9-7-5-3-4-6-8/h2,6H,1,3-5,7H2. The number of aldehydes is 1. The largest absolute Gasteiger partial charge is 0.502 e. The van der Waals surface area contributed by atoms with Gasteiger partial charge in [0.15, 0.2) is 0 Å². The first-order chi connectivity index (χ1) is 4.41. The molecule has 0 spiro atoms. The molecule has 9 heavy (non-hydrogen) atoms. The van der Waals surface area contributed by atoms with Crippen LogP contribution in [0.5, 0.6) is 0 Å². The van der Waals surface area contributed by atoms with Gasteiger partial charge in [-0.05, 0) is 12.8 Å². The van der Waals surface area contributed by atoms with Crippen LogP contribution in [0, 0.1) is 0 Å². The third-order valence-electron chi connectivity index (χ3n) is 0.952. The van der Waals surface area contributed by atoms with Gasteiger partial charge >= 0.3 is 0 Å². The van der Waals surface area contributed by atoms with Crippen molar-refractivity contribution in [1.29, 1.82) is 0 Å². The Morgan fingerprint density at radius 2 is 2.22 bits per heavy atom. The summed E-state index contributed by atoms with van der Waals surface area (Å²) in [5.74, 6) is 0.